The van der Waals surface area contributed by atoms with Gasteiger partial charge in [0.25, 0.3) is 0 Å². The standard InChI is InChI=1S/C34H67NO3/c1-5-8-11-14-16-18-19-20-22-24-27-30-32(36)34(35-4,33(37)38)31(28-25-13-10-7-3)29-26-23-21-17-15-12-9-6-2/h31,35H,5-30H2,1-4H3,(H,37,38). The summed E-state index contributed by atoms with van der Waals surface area (Å²) >= 11 is 0. The molecule has 0 heterocycles. The Kier molecular flexibility index (Phi) is 25.7. The van der Waals surface area contributed by atoms with Gasteiger partial charge in [-0.05, 0) is 32.2 Å². The van der Waals surface area contributed by atoms with Gasteiger partial charge in [-0.1, -0.05) is 162 Å². The Morgan fingerprint density at radius 2 is 0.868 bits per heavy atom. The monoisotopic (exact) mass is 538 g/mol. The van der Waals surface area contributed by atoms with Crippen molar-refractivity contribution in [2.24, 2.45) is 5.92 Å². The number of rotatable bonds is 30. The third-order valence-electron chi connectivity index (χ3n) is 8.60. The molecule has 0 aliphatic carbocycles. The van der Waals surface area contributed by atoms with E-state index in [0.29, 0.717) is 6.42 Å². The number of ketones is 1. The zero-order valence-corrected chi connectivity index (χ0v) is 26.2. The molecular weight excluding hydrogens is 470 g/mol. The molecule has 0 aliphatic heterocycles. The van der Waals surface area contributed by atoms with Crippen LogP contribution in [0.5, 0.6) is 0 Å². The molecule has 0 fully saturated rings. The summed E-state index contributed by atoms with van der Waals surface area (Å²) in [6.45, 7) is 6.70. The lowest BCUT2D eigenvalue weighted by molar-refractivity contribution is -0.153. The molecule has 0 aliphatic rings. The molecule has 0 saturated heterocycles. The molecule has 4 nitrogen and oxygen atoms in total. The van der Waals surface area contributed by atoms with Gasteiger partial charge in [0.2, 0.25) is 0 Å². The van der Waals surface area contributed by atoms with Crippen LogP contribution in [0.2, 0.25) is 0 Å². The molecule has 0 rings (SSSR count). The summed E-state index contributed by atoms with van der Waals surface area (Å²) in [5, 5.41) is 13.5. The van der Waals surface area contributed by atoms with Crippen molar-refractivity contribution in [3.63, 3.8) is 0 Å². The first kappa shape index (κ1) is 37.1. The fourth-order valence-electron chi connectivity index (χ4n) is 6.04. The maximum atomic E-state index is 13.5. The van der Waals surface area contributed by atoms with E-state index in [0.717, 1.165) is 64.2 Å². The highest BCUT2D eigenvalue weighted by Crippen LogP contribution is 2.32. The molecule has 0 radical (unpaired) electrons. The maximum absolute atomic E-state index is 13.5. The fourth-order valence-corrected chi connectivity index (χ4v) is 6.04. The lowest BCUT2D eigenvalue weighted by Crippen LogP contribution is -2.61. The third-order valence-corrected chi connectivity index (χ3v) is 8.60. The zero-order chi connectivity index (χ0) is 28.3. The van der Waals surface area contributed by atoms with Gasteiger partial charge < -0.3 is 5.11 Å². The largest absolute Gasteiger partial charge is 0.480 e. The van der Waals surface area contributed by atoms with Gasteiger partial charge in [-0.2, -0.15) is 0 Å². The number of hydrogen-bond donors (Lipinski definition) is 2. The average Bonchev–Trinajstić information content (AvgIpc) is 2.91. The molecule has 0 amide bonds. The van der Waals surface area contributed by atoms with Crippen LogP contribution in [0.4, 0.5) is 0 Å². The van der Waals surface area contributed by atoms with Gasteiger partial charge >= 0.3 is 5.97 Å². The number of nitrogens with one attached hydrogen (secondary N) is 1. The molecule has 4 heteroatoms. The number of hydrogen-bond acceptors (Lipinski definition) is 3. The average molecular weight is 538 g/mol. The predicted molar refractivity (Wildman–Crippen MR) is 165 cm³/mol. The summed E-state index contributed by atoms with van der Waals surface area (Å²) in [6.07, 6.45) is 30.0. The van der Waals surface area contributed by atoms with Crippen LogP contribution in [0.25, 0.3) is 0 Å². The number of carbonyl (C=O) groups is 2. The molecule has 0 aromatic rings. The van der Waals surface area contributed by atoms with Crippen molar-refractivity contribution in [2.45, 2.75) is 193 Å². The Morgan fingerprint density at radius 3 is 1.21 bits per heavy atom. The van der Waals surface area contributed by atoms with E-state index in [2.05, 4.69) is 26.1 Å². The second kappa shape index (κ2) is 26.3. The zero-order valence-electron chi connectivity index (χ0n) is 26.2. The summed E-state index contributed by atoms with van der Waals surface area (Å²) in [5.41, 5.74) is -1.42. The highest BCUT2D eigenvalue weighted by Gasteiger charge is 2.49. The molecule has 0 saturated carbocycles. The molecule has 2 atom stereocenters. The van der Waals surface area contributed by atoms with E-state index < -0.39 is 11.5 Å². The minimum atomic E-state index is -1.42. The van der Waals surface area contributed by atoms with Crippen LogP contribution in [0, 0.1) is 5.92 Å². The first-order valence-electron chi connectivity index (χ1n) is 17.0. The third kappa shape index (κ3) is 16.9. The molecule has 38 heavy (non-hydrogen) atoms. The van der Waals surface area contributed by atoms with Crippen molar-refractivity contribution < 1.29 is 14.7 Å². The Bertz CT molecular complexity index is 550. The Labute approximate surface area is 237 Å². The topological polar surface area (TPSA) is 66.4 Å². The van der Waals surface area contributed by atoms with Crippen molar-refractivity contribution in [3.05, 3.63) is 0 Å². The van der Waals surface area contributed by atoms with E-state index in [9.17, 15) is 14.7 Å². The van der Waals surface area contributed by atoms with Gasteiger partial charge in [0.05, 0.1) is 0 Å². The van der Waals surface area contributed by atoms with Gasteiger partial charge in [0.15, 0.2) is 11.3 Å². The summed E-state index contributed by atoms with van der Waals surface area (Å²) < 4.78 is 0. The first-order chi connectivity index (χ1) is 18.5. The SMILES string of the molecule is CCCCCCCCCCCCCC(=O)C(NC)(C(=O)O)C(CCCCCC)CCCCCCCCCC. The van der Waals surface area contributed by atoms with Crippen molar-refractivity contribution in [1.82, 2.24) is 5.32 Å². The summed E-state index contributed by atoms with van der Waals surface area (Å²) in [5.74, 6) is -1.18. The van der Waals surface area contributed by atoms with Crippen LogP contribution in [0.15, 0.2) is 0 Å². The van der Waals surface area contributed by atoms with Crippen molar-refractivity contribution in [1.29, 1.82) is 0 Å². The number of aliphatic carboxylic acids is 1. The van der Waals surface area contributed by atoms with Gasteiger partial charge in [0, 0.05) is 6.42 Å². The summed E-state index contributed by atoms with van der Waals surface area (Å²) in [6, 6.07) is 0. The number of likely N-dealkylation sites (N-methyl/N-ethyl adjacent to an activating group) is 1. The molecule has 0 aromatic carbocycles. The van der Waals surface area contributed by atoms with E-state index in [4.69, 9.17) is 0 Å². The second-order valence-electron chi connectivity index (χ2n) is 11.9. The van der Waals surface area contributed by atoms with Crippen LogP contribution in [-0.4, -0.2) is 29.4 Å². The number of carboxylic acids is 1. The Hall–Kier alpha value is -0.900. The van der Waals surface area contributed by atoms with E-state index >= 15 is 0 Å². The van der Waals surface area contributed by atoms with Crippen LogP contribution in [-0.2, 0) is 9.59 Å². The normalized spacial score (nSPS) is 13.9. The van der Waals surface area contributed by atoms with E-state index in [1.54, 1.807) is 7.05 Å². The molecular formula is C34H67NO3. The predicted octanol–water partition coefficient (Wildman–Crippen LogP) is 10.4. The summed E-state index contributed by atoms with van der Waals surface area (Å²) in [7, 11) is 1.69. The smallest absolute Gasteiger partial charge is 0.331 e. The lowest BCUT2D eigenvalue weighted by atomic mass is 9.73. The van der Waals surface area contributed by atoms with Crippen molar-refractivity contribution in [3.8, 4) is 0 Å². The number of carbonyl (C=O) groups excluding carboxylic acids is 1. The highest BCUT2D eigenvalue weighted by atomic mass is 16.4. The van der Waals surface area contributed by atoms with Crippen molar-refractivity contribution >= 4 is 11.8 Å². The second-order valence-corrected chi connectivity index (χ2v) is 11.9. The van der Waals surface area contributed by atoms with Crippen molar-refractivity contribution in [2.75, 3.05) is 7.05 Å². The van der Waals surface area contributed by atoms with E-state index in [1.165, 1.54) is 96.3 Å². The number of unbranched alkanes of at least 4 members (excludes halogenated alkanes) is 20. The van der Waals surface area contributed by atoms with Crippen LogP contribution >= 0.6 is 0 Å². The maximum Gasteiger partial charge on any atom is 0.331 e. The fraction of sp³-hybridized carbons (Fsp3) is 0.941. The molecule has 0 aromatic heterocycles. The lowest BCUT2D eigenvalue weighted by Gasteiger charge is -2.36. The summed E-state index contributed by atoms with van der Waals surface area (Å²) in [4.78, 5) is 26.2. The number of carboxylic acid groups (broad SMARTS) is 1. The first-order valence-corrected chi connectivity index (χ1v) is 17.0. The molecule has 2 unspecified atom stereocenters. The Balaban J connectivity index is 4.75. The Morgan fingerprint density at radius 1 is 0.553 bits per heavy atom. The molecule has 2 N–H and O–H groups in total. The minimum absolute atomic E-state index is 0.0940. The quantitative estimate of drug-likeness (QED) is 0.0706. The van der Waals surface area contributed by atoms with Gasteiger partial charge in [0.1, 0.15) is 0 Å². The number of Topliss-reactive ketones (excluding diaryl/α,β-unsaturated/α-hetero) is 1. The highest BCUT2D eigenvalue weighted by molar-refractivity contribution is 6.08. The van der Waals surface area contributed by atoms with Gasteiger partial charge in [-0.3, -0.25) is 10.1 Å². The van der Waals surface area contributed by atoms with Crippen LogP contribution in [0.1, 0.15) is 188 Å². The molecule has 0 spiro atoms. The van der Waals surface area contributed by atoms with Gasteiger partial charge in [-0.15, -0.1) is 0 Å². The van der Waals surface area contributed by atoms with Crippen LogP contribution in [0.3, 0.4) is 0 Å². The molecule has 0 bridgehead atoms. The van der Waals surface area contributed by atoms with Crippen LogP contribution < -0.4 is 5.32 Å². The minimum Gasteiger partial charge on any atom is -0.480 e. The van der Waals surface area contributed by atoms with Gasteiger partial charge in [-0.25, -0.2) is 4.79 Å². The van der Waals surface area contributed by atoms with E-state index in [-0.39, 0.29) is 11.7 Å². The molecule has 226 valence electrons. The van der Waals surface area contributed by atoms with E-state index in [1.807, 2.05) is 0 Å².